The summed E-state index contributed by atoms with van der Waals surface area (Å²) < 4.78 is 2.37. The number of nitrogens with zero attached hydrogens (tertiary/aromatic N) is 6. The van der Waals surface area contributed by atoms with Gasteiger partial charge in [0.25, 0.3) is 0 Å². The molecule has 0 bridgehead atoms. The lowest BCUT2D eigenvalue weighted by Gasteiger charge is -2.05. The van der Waals surface area contributed by atoms with E-state index in [0.717, 1.165) is 11.3 Å². The van der Waals surface area contributed by atoms with Crippen LogP contribution in [0.2, 0.25) is 10.0 Å². The first-order valence-electron chi connectivity index (χ1n) is 6.06. The van der Waals surface area contributed by atoms with Crippen molar-refractivity contribution in [3.63, 3.8) is 0 Å². The Hall–Kier alpha value is -1.44. The first-order chi connectivity index (χ1) is 10.1. The molecule has 0 radical (unpaired) electrons. The number of halogens is 3. The molecule has 0 saturated heterocycles. The topological polar surface area (TPSA) is 61.4 Å². The minimum Gasteiger partial charge on any atom is -0.226 e. The zero-order chi connectivity index (χ0) is 15.0. The van der Waals surface area contributed by atoms with Crippen molar-refractivity contribution in [1.29, 1.82) is 0 Å². The van der Waals surface area contributed by atoms with Gasteiger partial charge in [0, 0.05) is 10.0 Å². The Morgan fingerprint density at radius 3 is 2.52 bits per heavy atom. The van der Waals surface area contributed by atoms with Gasteiger partial charge in [0.1, 0.15) is 4.60 Å². The molecule has 6 nitrogen and oxygen atoms in total. The Balaban J connectivity index is 2.06. The fraction of sp³-hybridized carbons (Fsp3) is 0.167. The number of hydrogen-bond donors (Lipinski definition) is 0. The Bertz CT molecular complexity index is 777. The van der Waals surface area contributed by atoms with Crippen LogP contribution >= 0.6 is 39.1 Å². The fourth-order valence-corrected chi connectivity index (χ4v) is 2.90. The summed E-state index contributed by atoms with van der Waals surface area (Å²) in [4.78, 5) is 1.51. The fourth-order valence-electron chi connectivity index (χ4n) is 1.81. The van der Waals surface area contributed by atoms with Crippen LogP contribution in [0.3, 0.4) is 0 Å². The molecule has 0 amide bonds. The quantitative estimate of drug-likeness (QED) is 0.688. The SMILES string of the molecule is CCn1nnc(-c2cnn(-c3cc(Cl)cc(Cl)c3)c2Br)n1. The molecule has 1 aromatic carbocycles. The van der Waals surface area contributed by atoms with Crippen LogP contribution in [0.4, 0.5) is 0 Å². The molecule has 0 atom stereocenters. The summed E-state index contributed by atoms with van der Waals surface area (Å²) in [6, 6.07) is 5.20. The van der Waals surface area contributed by atoms with E-state index >= 15 is 0 Å². The van der Waals surface area contributed by atoms with Gasteiger partial charge in [-0.25, -0.2) is 4.68 Å². The van der Waals surface area contributed by atoms with Crippen molar-refractivity contribution in [2.45, 2.75) is 13.5 Å². The second-order valence-corrected chi connectivity index (χ2v) is 5.81. The lowest BCUT2D eigenvalue weighted by Crippen LogP contribution is -1.98. The van der Waals surface area contributed by atoms with Crippen molar-refractivity contribution in [3.05, 3.63) is 39.0 Å². The highest BCUT2D eigenvalue weighted by atomic mass is 79.9. The van der Waals surface area contributed by atoms with E-state index in [-0.39, 0.29) is 0 Å². The van der Waals surface area contributed by atoms with Crippen LogP contribution in [0.1, 0.15) is 6.92 Å². The average molecular weight is 388 g/mol. The number of aromatic nitrogens is 6. The molecule has 0 fully saturated rings. The van der Waals surface area contributed by atoms with Crippen LogP contribution in [-0.2, 0) is 6.54 Å². The van der Waals surface area contributed by atoms with Gasteiger partial charge >= 0.3 is 0 Å². The number of tetrazole rings is 1. The minimum atomic E-state index is 0.503. The van der Waals surface area contributed by atoms with Crippen molar-refractivity contribution in [2.75, 3.05) is 0 Å². The first kappa shape index (κ1) is 14.5. The molecule has 3 aromatic rings. The molecular formula is C12H9BrCl2N6. The minimum absolute atomic E-state index is 0.503. The molecule has 9 heteroatoms. The molecular weight excluding hydrogens is 379 g/mol. The number of rotatable bonds is 3. The Kier molecular flexibility index (Phi) is 3.97. The molecule has 0 N–H and O–H groups in total. The number of aryl methyl sites for hydroxylation is 1. The number of hydrogen-bond acceptors (Lipinski definition) is 4. The molecule has 21 heavy (non-hydrogen) atoms. The lowest BCUT2D eigenvalue weighted by atomic mass is 10.3. The molecule has 0 spiro atoms. The maximum atomic E-state index is 6.02. The third-order valence-corrected chi connectivity index (χ3v) is 3.98. The molecule has 108 valence electrons. The standard InChI is InChI=1S/C12H9BrCl2N6/c1-2-20-18-12(17-19-20)10-6-16-21(11(10)13)9-4-7(14)3-8(15)5-9/h3-6H,2H2,1H3. The second kappa shape index (κ2) is 5.75. The lowest BCUT2D eigenvalue weighted by molar-refractivity contribution is 0.553. The number of benzene rings is 1. The summed E-state index contributed by atoms with van der Waals surface area (Å²) in [6.45, 7) is 2.60. The van der Waals surface area contributed by atoms with E-state index in [4.69, 9.17) is 23.2 Å². The van der Waals surface area contributed by atoms with Gasteiger partial charge in [0.2, 0.25) is 5.82 Å². The van der Waals surface area contributed by atoms with Gasteiger partial charge in [0.05, 0.1) is 24.0 Å². The summed E-state index contributed by atoms with van der Waals surface area (Å²) >= 11 is 15.5. The summed E-state index contributed by atoms with van der Waals surface area (Å²) in [5.74, 6) is 0.503. The van der Waals surface area contributed by atoms with Gasteiger partial charge in [-0.3, -0.25) is 0 Å². The largest absolute Gasteiger partial charge is 0.226 e. The third kappa shape index (κ3) is 2.81. The van der Waals surface area contributed by atoms with Crippen LogP contribution < -0.4 is 0 Å². The third-order valence-electron chi connectivity index (χ3n) is 2.78. The predicted octanol–water partition coefficient (Wildman–Crippen LogP) is 3.62. The normalized spacial score (nSPS) is 11.0. The molecule has 0 aliphatic carbocycles. The van der Waals surface area contributed by atoms with E-state index in [0.29, 0.717) is 27.0 Å². The van der Waals surface area contributed by atoms with Crippen LogP contribution in [0.25, 0.3) is 17.1 Å². The highest BCUT2D eigenvalue weighted by Gasteiger charge is 2.16. The van der Waals surface area contributed by atoms with Crippen molar-refractivity contribution in [1.82, 2.24) is 30.0 Å². The molecule has 0 saturated carbocycles. The van der Waals surface area contributed by atoms with E-state index < -0.39 is 0 Å². The van der Waals surface area contributed by atoms with Crippen molar-refractivity contribution in [2.24, 2.45) is 0 Å². The maximum absolute atomic E-state index is 6.02. The predicted molar refractivity (Wildman–Crippen MR) is 83.8 cm³/mol. The van der Waals surface area contributed by atoms with Crippen molar-refractivity contribution < 1.29 is 0 Å². The molecule has 3 rings (SSSR count). The van der Waals surface area contributed by atoms with E-state index in [2.05, 4.69) is 36.4 Å². The summed E-state index contributed by atoms with van der Waals surface area (Å²) in [7, 11) is 0. The Labute approximate surface area is 138 Å². The highest BCUT2D eigenvalue weighted by molar-refractivity contribution is 9.10. The Morgan fingerprint density at radius 1 is 1.19 bits per heavy atom. The average Bonchev–Trinajstić information content (AvgIpc) is 3.03. The molecule has 2 heterocycles. The maximum Gasteiger partial charge on any atom is 0.209 e. The smallest absolute Gasteiger partial charge is 0.209 e. The first-order valence-corrected chi connectivity index (χ1v) is 7.61. The van der Waals surface area contributed by atoms with Crippen molar-refractivity contribution >= 4 is 39.1 Å². The monoisotopic (exact) mass is 386 g/mol. The van der Waals surface area contributed by atoms with Crippen LogP contribution in [0, 0.1) is 0 Å². The van der Waals surface area contributed by atoms with E-state index in [1.165, 1.54) is 4.80 Å². The van der Waals surface area contributed by atoms with Crippen LogP contribution in [-0.4, -0.2) is 30.0 Å². The Morgan fingerprint density at radius 2 is 1.90 bits per heavy atom. The van der Waals surface area contributed by atoms with Gasteiger partial charge in [-0.1, -0.05) is 23.2 Å². The van der Waals surface area contributed by atoms with Gasteiger partial charge in [-0.05, 0) is 46.3 Å². The summed E-state index contributed by atoms with van der Waals surface area (Å²) in [6.07, 6.45) is 1.66. The van der Waals surface area contributed by atoms with Crippen LogP contribution in [0.5, 0.6) is 0 Å². The zero-order valence-electron chi connectivity index (χ0n) is 10.8. The zero-order valence-corrected chi connectivity index (χ0v) is 13.9. The second-order valence-electron chi connectivity index (χ2n) is 4.19. The summed E-state index contributed by atoms with van der Waals surface area (Å²) in [5, 5.41) is 17.6. The van der Waals surface area contributed by atoms with E-state index in [1.54, 1.807) is 29.1 Å². The molecule has 0 aliphatic rings. The molecule has 0 aliphatic heterocycles. The van der Waals surface area contributed by atoms with Crippen molar-refractivity contribution in [3.8, 4) is 17.1 Å². The van der Waals surface area contributed by atoms with Gasteiger partial charge in [-0.15, -0.1) is 10.2 Å². The van der Waals surface area contributed by atoms with Gasteiger partial charge in [-0.2, -0.15) is 9.90 Å². The van der Waals surface area contributed by atoms with Gasteiger partial charge in [0.15, 0.2) is 0 Å². The van der Waals surface area contributed by atoms with Crippen LogP contribution in [0.15, 0.2) is 29.0 Å². The summed E-state index contributed by atoms with van der Waals surface area (Å²) in [5.41, 5.74) is 1.49. The van der Waals surface area contributed by atoms with E-state index in [9.17, 15) is 0 Å². The highest BCUT2D eigenvalue weighted by Crippen LogP contribution is 2.29. The molecule has 0 unspecified atom stereocenters. The molecule has 2 aromatic heterocycles. The van der Waals surface area contributed by atoms with E-state index in [1.807, 2.05) is 6.92 Å². The van der Waals surface area contributed by atoms with Gasteiger partial charge < -0.3 is 0 Å².